The van der Waals surface area contributed by atoms with Crippen LogP contribution in [0.25, 0.3) is 0 Å². The predicted molar refractivity (Wildman–Crippen MR) is 45.5 cm³/mol. The van der Waals surface area contributed by atoms with Crippen molar-refractivity contribution in [2.45, 2.75) is 33.1 Å². The zero-order valence-electron chi connectivity index (χ0n) is 7.55. The summed E-state index contributed by atoms with van der Waals surface area (Å²) < 4.78 is 0. The number of nitrogens with zero attached hydrogens (tertiary/aromatic N) is 2. The fourth-order valence-corrected chi connectivity index (χ4v) is 0.883. The first kappa shape index (κ1) is 8.18. The van der Waals surface area contributed by atoms with Crippen molar-refractivity contribution < 1.29 is 0 Å². The van der Waals surface area contributed by atoms with E-state index in [-0.39, 0.29) is 5.41 Å². The van der Waals surface area contributed by atoms with Gasteiger partial charge in [0.2, 0.25) is 0 Å². The molecule has 0 bridgehead atoms. The molecule has 1 aromatic heterocycles. The van der Waals surface area contributed by atoms with Crippen LogP contribution in [0.2, 0.25) is 0 Å². The van der Waals surface area contributed by atoms with E-state index in [1.165, 1.54) is 5.56 Å². The molecule has 0 spiro atoms. The molecule has 2 nitrogen and oxygen atoms in total. The van der Waals surface area contributed by atoms with Crippen LogP contribution in [0.3, 0.4) is 0 Å². The van der Waals surface area contributed by atoms with Crippen molar-refractivity contribution in [1.29, 1.82) is 0 Å². The zero-order valence-corrected chi connectivity index (χ0v) is 7.55. The Kier molecular flexibility index (Phi) is 1.94. The van der Waals surface area contributed by atoms with Gasteiger partial charge in [0.25, 0.3) is 0 Å². The lowest BCUT2D eigenvalue weighted by Gasteiger charge is -2.17. The van der Waals surface area contributed by atoms with E-state index in [1.54, 1.807) is 0 Å². The van der Waals surface area contributed by atoms with Crippen molar-refractivity contribution in [1.82, 2.24) is 10.2 Å². The maximum absolute atomic E-state index is 3.90. The van der Waals surface area contributed by atoms with Crippen LogP contribution in [0.4, 0.5) is 0 Å². The highest BCUT2D eigenvalue weighted by Crippen LogP contribution is 2.20. The van der Waals surface area contributed by atoms with Crippen molar-refractivity contribution in [3.63, 3.8) is 0 Å². The Morgan fingerprint density at radius 3 is 2.27 bits per heavy atom. The van der Waals surface area contributed by atoms with Crippen LogP contribution in [0, 0.1) is 6.92 Å². The summed E-state index contributed by atoms with van der Waals surface area (Å²) in [6.07, 6.45) is 1.83. The average molecular weight is 150 g/mol. The van der Waals surface area contributed by atoms with Crippen LogP contribution < -0.4 is 0 Å². The number of hydrogen-bond donors (Lipinski definition) is 0. The van der Waals surface area contributed by atoms with Gasteiger partial charge in [0.15, 0.2) is 0 Å². The second-order valence-electron chi connectivity index (χ2n) is 3.84. The molecule has 0 aromatic carbocycles. The summed E-state index contributed by atoms with van der Waals surface area (Å²) in [5, 5.41) is 7.80. The molecule has 0 fully saturated rings. The maximum Gasteiger partial charge on any atom is 0.0603 e. The van der Waals surface area contributed by atoms with Crippen molar-refractivity contribution in [2.75, 3.05) is 0 Å². The molecular weight excluding hydrogens is 136 g/mol. The van der Waals surface area contributed by atoms with Crippen LogP contribution in [0.15, 0.2) is 12.3 Å². The quantitative estimate of drug-likeness (QED) is 0.566. The molecule has 0 aliphatic carbocycles. The molecule has 1 aromatic rings. The van der Waals surface area contributed by atoms with Gasteiger partial charge >= 0.3 is 0 Å². The minimum absolute atomic E-state index is 0.181. The molecule has 60 valence electrons. The Morgan fingerprint density at radius 1 is 1.27 bits per heavy atom. The largest absolute Gasteiger partial charge is 0.159 e. The highest BCUT2D eigenvalue weighted by Gasteiger charge is 2.13. The molecule has 11 heavy (non-hydrogen) atoms. The third kappa shape index (κ3) is 2.00. The summed E-state index contributed by atoms with van der Waals surface area (Å²) in [6.45, 7) is 8.47. The van der Waals surface area contributed by atoms with E-state index in [1.807, 2.05) is 13.1 Å². The van der Waals surface area contributed by atoms with Crippen LogP contribution in [0.5, 0.6) is 0 Å². The van der Waals surface area contributed by atoms with E-state index in [2.05, 4.69) is 37.0 Å². The lowest BCUT2D eigenvalue weighted by molar-refractivity contribution is 0.583. The molecule has 0 saturated heterocycles. The van der Waals surface area contributed by atoms with Crippen LogP contribution in [-0.2, 0) is 5.41 Å². The molecule has 0 saturated carbocycles. The first-order valence-corrected chi connectivity index (χ1v) is 3.80. The first-order valence-electron chi connectivity index (χ1n) is 3.80. The molecule has 1 rings (SSSR count). The third-order valence-corrected chi connectivity index (χ3v) is 1.64. The summed E-state index contributed by atoms with van der Waals surface area (Å²) >= 11 is 0. The van der Waals surface area contributed by atoms with Crippen LogP contribution >= 0.6 is 0 Å². The van der Waals surface area contributed by atoms with Crippen molar-refractivity contribution in [3.05, 3.63) is 23.5 Å². The van der Waals surface area contributed by atoms with Crippen molar-refractivity contribution in [3.8, 4) is 0 Å². The molecule has 0 amide bonds. The molecule has 0 unspecified atom stereocenters. The lowest BCUT2D eigenvalue weighted by Crippen LogP contribution is -2.12. The second kappa shape index (κ2) is 2.61. The van der Waals surface area contributed by atoms with E-state index in [0.717, 1.165) is 5.69 Å². The number of hydrogen-bond acceptors (Lipinski definition) is 2. The molecule has 1 heterocycles. The molecule has 0 aliphatic heterocycles. The Bertz CT molecular complexity index is 248. The van der Waals surface area contributed by atoms with Gasteiger partial charge in [-0.2, -0.15) is 10.2 Å². The number of aromatic nitrogens is 2. The molecule has 0 aliphatic rings. The fourth-order valence-electron chi connectivity index (χ4n) is 0.883. The van der Waals surface area contributed by atoms with Gasteiger partial charge in [-0.1, -0.05) is 20.8 Å². The summed E-state index contributed by atoms with van der Waals surface area (Å²) in [6, 6.07) is 2.08. The smallest absolute Gasteiger partial charge is 0.0603 e. The van der Waals surface area contributed by atoms with Gasteiger partial charge in [0.1, 0.15) is 0 Å². The predicted octanol–water partition coefficient (Wildman–Crippen LogP) is 2.08. The maximum atomic E-state index is 3.90. The third-order valence-electron chi connectivity index (χ3n) is 1.64. The molecule has 2 heteroatoms. The standard InChI is InChI=1S/C9H14N2/c1-7-5-8(6-10-11-7)9(2,3)4/h5-6H,1-4H3. The van der Waals surface area contributed by atoms with Crippen LogP contribution in [0.1, 0.15) is 32.0 Å². The zero-order chi connectivity index (χ0) is 8.48. The van der Waals surface area contributed by atoms with Crippen molar-refractivity contribution in [2.24, 2.45) is 0 Å². The summed E-state index contributed by atoms with van der Waals surface area (Å²) in [5.74, 6) is 0. The van der Waals surface area contributed by atoms with E-state index in [9.17, 15) is 0 Å². The highest BCUT2D eigenvalue weighted by molar-refractivity contribution is 5.19. The molecule has 0 N–H and O–H groups in total. The van der Waals surface area contributed by atoms with Gasteiger partial charge in [0.05, 0.1) is 11.9 Å². The summed E-state index contributed by atoms with van der Waals surface area (Å²) in [5.41, 5.74) is 2.41. The van der Waals surface area contributed by atoms with Gasteiger partial charge in [0, 0.05) is 0 Å². The van der Waals surface area contributed by atoms with Crippen molar-refractivity contribution >= 4 is 0 Å². The van der Waals surface area contributed by atoms with Gasteiger partial charge in [-0.3, -0.25) is 0 Å². The Labute approximate surface area is 67.7 Å². The van der Waals surface area contributed by atoms with Gasteiger partial charge in [-0.15, -0.1) is 0 Å². The first-order chi connectivity index (χ1) is 5.00. The minimum Gasteiger partial charge on any atom is -0.159 e. The fraction of sp³-hybridized carbons (Fsp3) is 0.556. The molecule has 0 radical (unpaired) electrons. The Morgan fingerprint density at radius 2 is 1.91 bits per heavy atom. The van der Waals surface area contributed by atoms with E-state index >= 15 is 0 Å². The van der Waals surface area contributed by atoms with Crippen LogP contribution in [-0.4, -0.2) is 10.2 Å². The van der Waals surface area contributed by atoms with E-state index < -0.39 is 0 Å². The number of rotatable bonds is 0. The monoisotopic (exact) mass is 150 g/mol. The highest BCUT2D eigenvalue weighted by atomic mass is 15.1. The lowest BCUT2D eigenvalue weighted by atomic mass is 9.88. The van der Waals surface area contributed by atoms with Gasteiger partial charge in [-0.05, 0) is 24.0 Å². The van der Waals surface area contributed by atoms with Gasteiger partial charge < -0.3 is 0 Å². The normalized spacial score (nSPS) is 11.6. The minimum atomic E-state index is 0.181. The average Bonchev–Trinajstić information content (AvgIpc) is 1.86. The molecular formula is C9H14N2. The second-order valence-corrected chi connectivity index (χ2v) is 3.84. The summed E-state index contributed by atoms with van der Waals surface area (Å²) in [4.78, 5) is 0. The SMILES string of the molecule is Cc1cc(C(C)(C)C)cnn1. The Hall–Kier alpha value is -0.920. The van der Waals surface area contributed by atoms with Gasteiger partial charge in [-0.25, -0.2) is 0 Å². The number of aryl methyl sites for hydroxylation is 1. The van der Waals surface area contributed by atoms with E-state index in [4.69, 9.17) is 0 Å². The topological polar surface area (TPSA) is 25.8 Å². The molecule has 0 atom stereocenters. The van der Waals surface area contributed by atoms with E-state index in [0.29, 0.717) is 0 Å². The summed E-state index contributed by atoms with van der Waals surface area (Å²) in [7, 11) is 0. The Balaban J connectivity index is 3.06.